The van der Waals surface area contributed by atoms with Crippen molar-refractivity contribution in [2.45, 2.75) is 6.54 Å². The average Bonchev–Trinajstić information content (AvgIpc) is 2.40. The number of pyridine rings is 1. The van der Waals surface area contributed by atoms with Crippen LogP contribution in [0.5, 0.6) is 0 Å². The van der Waals surface area contributed by atoms with Crippen LogP contribution in [0.15, 0.2) is 48.8 Å². The van der Waals surface area contributed by atoms with Gasteiger partial charge in [-0.3, -0.25) is 9.78 Å². The maximum absolute atomic E-state index is 12.0. The third-order valence-electron chi connectivity index (χ3n) is 3.02. The lowest BCUT2D eigenvalue weighted by molar-refractivity contribution is 0.0992. The molecule has 0 radical (unpaired) electrons. The molecular weight excluding hydrogens is 212 g/mol. The zero-order valence-electron chi connectivity index (χ0n) is 9.34. The van der Waals surface area contributed by atoms with Crippen LogP contribution in [0.2, 0.25) is 0 Å². The molecule has 0 amide bonds. The second kappa shape index (κ2) is 4.01. The number of para-hydroxylation sites is 1. The molecule has 2 aromatic rings. The van der Waals surface area contributed by atoms with E-state index in [2.05, 4.69) is 9.88 Å². The first kappa shape index (κ1) is 10.0. The van der Waals surface area contributed by atoms with Crippen LogP contribution < -0.4 is 4.90 Å². The topological polar surface area (TPSA) is 33.2 Å². The SMILES string of the molecule is O=C1CN(c2ccccc2)Cc2cnccc21. The van der Waals surface area contributed by atoms with E-state index in [0.717, 1.165) is 23.4 Å². The lowest BCUT2D eigenvalue weighted by Gasteiger charge is -2.29. The molecule has 0 bridgehead atoms. The van der Waals surface area contributed by atoms with Crippen LogP contribution in [-0.4, -0.2) is 17.3 Å². The molecule has 1 aromatic carbocycles. The largest absolute Gasteiger partial charge is 0.359 e. The summed E-state index contributed by atoms with van der Waals surface area (Å²) in [5, 5.41) is 0. The predicted molar refractivity (Wildman–Crippen MR) is 66.1 cm³/mol. The monoisotopic (exact) mass is 224 g/mol. The molecule has 1 aliphatic rings. The van der Waals surface area contributed by atoms with Crippen LogP contribution in [0, 0.1) is 0 Å². The van der Waals surface area contributed by atoms with Crippen LogP contribution in [-0.2, 0) is 6.54 Å². The minimum atomic E-state index is 0.164. The number of ketones is 1. The molecule has 0 N–H and O–H groups in total. The lowest BCUT2D eigenvalue weighted by Crippen LogP contribution is -2.35. The molecule has 2 heterocycles. The number of hydrogen-bond donors (Lipinski definition) is 0. The van der Waals surface area contributed by atoms with Crippen molar-refractivity contribution in [3.63, 3.8) is 0 Å². The quantitative estimate of drug-likeness (QED) is 0.745. The van der Waals surface area contributed by atoms with E-state index in [1.165, 1.54) is 0 Å². The number of hydrogen-bond acceptors (Lipinski definition) is 3. The van der Waals surface area contributed by atoms with E-state index in [-0.39, 0.29) is 5.78 Å². The molecule has 0 saturated carbocycles. The maximum Gasteiger partial charge on any atom is 0.182 e. The van der Waals surface area contributed by atoms with Crippen LogP contribution in [0.1, 0.15) is 15.9 Å². The number of nitrogens with zero attached hydrogens (tertiary/aromatic N) is 2. The molecule has 0 aliphatic carbocycles. The highest BCUT2D eigenvalue weighted by Crippen LogP contribution is 2.23. The van der Waals surface area contributed by atoms with Crippen molar-refractivity contribution in [3.8, 4) is 0 Å². The summed E-state index contributed by atoms with van der Waals surface area (Å²) in [5.41, 5.74) is 2.90. The molecule has 84 valence electrons. The Balaban J connectivity index is 1.97. The van der Waals surface area contributed by atoms with Gasteiger partial charge in [0.2, 0.25) is 0 Å². The fourth-order valence-corrected chi connectivity index (χ4v) is 2.17. The smallest absolute Gasteiger partial charge is 0.182 e. The first-order valence-electron chi connectivity index (χ1n) is 5.61. The second-order valence-corrected chi connectivity index (χ2v) is 4.15. The van der Waals surface area contributed by atoms with Gasteiger partial charge in [0.15, 0.2) is 5.78 Å². The summed E-state index contributed by atoms with van der Waals surface area (Å²) in [6.45, 7) is 1.19. The minimum Gasteiger partial charge on any atom is -0.359 e. The molecule has 1 aliphatic heterocycles. The third kappa shape index (κ3) is 1.80. The molecule has 0 saturated heterocycles. The van der Waals surface area contributed by atoms with Gasteiger partial charge in [0.25, 0.3) is 0 Å². The Bertz CT molecular complexity index is 551. The molecule has 3 heteroatoms. The standard InChI is InChI=1S/C14H12N2O/c17-14-10-16(12-4-2-1-3-5-12)9-11-8-15-7-6-13(11)14/h1-8H,9-10H2. The van der Waals surface area contributed by atoms with Gasteiger partial charge >= 0.3 is 0 Å². The number of carbonyl (C=O) groups excluding carboxylic acids is 1. The molecule has 0 atom stereocenters. The first-order valence-corrected chi connectivity index (χ1v) is 5.61. The van der Waals surface area contributed by atoms with E-state index in [1.54, 1.807) is 18.5 Å². The van der Waals surface area contributed by atoms with Crippen molar-refractivity contribution < 1.29 is 4.79 Å². The van der Waals surface area contributed by atoms with E-state index in [9.17, 15) is 4.79 Å². The van der Waals surface area contributed by atoms with Crippen LogP contribution in [0.4, 0.5) is 5.69 Å². The molecule has 0 unspecified atom stereocenters. The number of rotatable bonds is 1. The molecule has 1 aromatic heterocycles. The summed E-state index contributed by atoms with van der Waals surface area (Å²) in [4.78, 5) is 18.2. The van der Waals surface area contributed by atoms with Crippen molar-refractivity contribution in [2.24, 2.45) is 0 Å². The Hall–Kier alpha value is -2.16. The number of fused-ring (bicyclic) bond motifs is 1. The van der Waals surface area contributed by atoms with E-state index in [1.807, 2.05) is 30.3 Å². The lowest BCUT2D eigenvalue weighted by atomic mass is 10.0. The predicted octanol–water partition coefficient (Wildman–Crippen LogP) is 2.28. The molecule has 3 rings (SSSR count). The molecule has 17 heavy (non-hydrogen) atoms. The summed E-state index contributed by atoms with van der Waals surface area (Å²) in [5.74, 6) is 0.164. The Morgan fingerprint density at radius 1 is 1.06 bits per heavy atom. The highest BCUT2D eigenvalue weighted by molar-refractivity contribution is 6.01. The van der Waals surface area contributed by atoms with Gasteiger partial charge in [0.1, 0.15) is 0 Å². The van der Waals surface area contributed by atoms with Crippen molar-refractivity contribution in [1.29, 1.82) is 0 Å². The molecule has 3 nitrogen and oxygen atoms in total. The molecular formula is C14H12N2O. The molecule has 0 fully saturated rings. The Kier molecular flexibility index (Phi) is 2.37. The normalized spacial score (nSPS) is 14.6. The third-order valence-corrected chi connectivity index (χ3v) is 3.02. The van der Waals surface area contributed by atoms with Crippen molar-refractivity contribution in [2.75, 3.05) is 11.4 Å². The highest BCUT2D eigenvalue weighted by atomic mass is 16.1. The van der Waals surface area contributed by atoms with Gasteiger partial charge in [0, 0.05) is 35.8 Å². The van der Waals surface area contributed by atoms with Crippen LogP contribution >= 0.6 is 0 Å². The Labute approximate surface area is 99.7 Å². The van der Waals surface area contributed by atoms with Gasteiger partial charge in [-0.15, -0.1) is 0 Å². The number of carbonyl (C=O) groups is 1. The summed E-state index contributed by atoms with van der Waals surface area (Å²) in [7, 11) is 0. The van der Waals surface area contributed by atoms with Crippen molar-refractivity contribution in [1.82, 2.24) is 4.98 Å². The summed E-state index contributed by atoms with van der Waals surface area (Å²) < 4.78 is 0. The number of anilines is 1. The second-order valence-electron chi connectivity index (χ2n) is 4.15. The van der Waals surface area contributed by atoms with Crippen molar-refractivity contribution >= 4 is 11.5 Å². The van der Waals surface area contributed by atoms with Gasteiger partial charge in [-0.1, -0.05) is 18.2 Å². The van der Waals surface area contributed by atoms with Gasteiger partial charge in [-0.25, -0.2) is 0 Å². The maximum atomic E-state index is 12.0. The van der Waals surface area contributed by atoms with E-state index >= 15 is 0 Å². The van der Waals surface area contributed by atoms with Crippen LogP contribution in [0.3, 0.4) is 0 Å². The van der Waals surface area contributed by atoms with Gasteiger partial charge in [-0.05, 0) is 18.2 Å². The summed E-state index contributed by atoms with van der Waals surface area (Å²) >= 11 is 0. The van der Waals surface area contributed by atoms with Crippen LogP contribution in [0.25, 0.3) is 0 Å². The summed E-state index contributed by atoms with van der Waals surface area (Å²) in [6.07, 6.45) is 3.46. The first-order chi connectivity index (χ1) is 8.34. The van der Waals surface area contributed by atoms with Gasteiger partial charge in [0.05, 0.1) is 6.54 Å². The minimum absolute atomic E-state index is 0.164. The van der Waals surface area contributed by atoms with Gasteiger partial charge < -0.3 is 4.90 Å². The number of aromatic nitrogens is 1. The fraction of sp³-hybridized carbons (Fsp3) is 0.143. The van der Waals surface area contributed by atoms with Crippen molar-refractivity contribution in [3.05, 3.63) is 59.9 Å². The fourth-order valence-electron chi connectivity index (χ4n) is 2.17. The molecule has 0 spiro atoms. The van der Waals surface area contributed by atoms with E-state index in [4.69, 9.17) is 0 Å². The number of benzene rings is 1. The Morgan fingerprint density at radius 2 is 1.88 bits per heavy atom. The Morgan fingerprint density at radius 3 is 2.71 bits per heavy atom. The van der Waals surface area contributed by atoms with E-state index < -0.39 is 0 Å². The zero-order valence-corrected chi connectivity index (χ0v) is 9.34. The van der Waals surface area contributed by atoms with Gasteiger partial charge in [-0.2, -0.15) is 0 Å². The number of Topliss-reactive ketones (excluding diaryl/α,β-unsaturated/α-hetero) is 1. The summed E-state index contributed by atoms with van der Waals surface area (Å²) in [6, 6.07) is 11.8. The average molecular weight is 224 g/mol. The highest BCUT2D eigenvalue weighted by Gasteiger charge is 2.22. The van der Waals surface area contributed by atoms with E-state index in [0.29, 0.717) is 6.54 Å². The zero-order chi connectivity index (χ0) is 11.7.